The van der Waals surface area contributed by atoms with Crippen LogP contribution in [0, 0.1) is 5.92 Å². The summed E-state index contributed by atoms with van der Waals surface area (Å²) in [6, 6.07) is 4.37. The zero-order valence-electron chi connectivity index (χ0n) is 17.8. The van der Waals surface area contributed by atoms with Crippen molar-refractivity contribution in [2.24, 2.45) is 10.9 Å². The minimum absolute atomic E-state index is 0.0106. The summed E-state index contributed by atoms with van der Waals surface area (Å²) >= 11 is 0. The number of fused-ring (bicyclic) bond motifs is 1. The Labute approximate surface area is 185 Å². The van der Waals surface area contributed by atoms with Crippen LogP contribution in [-0.2, 0) is 25.7 Å². The molecule has 3 aliphatic rings. The van der Waals surface area contributed by atoms with Crippen molar-refractivity contribution in [1.82, 2.24) is 10.2 Å². The first-order chi connectivity index (χ1) is 15.4. The van der Waals surface area contributed by atoms with E-state index < -0.39 is 11.9 Å². The minimum Gasteiger partial charge on any atom is -0.511 e. The van der Waals surface area contributed by atoms with Crippen LogP contribution in [0.2, 0.25) is 0 Å². The SMILES string of the molecule is CCOCC1CC(=O)C(C=Nc2cccc3c2CN(C2CCC(=O)NC2=O)C3=O)=C(O)C1. The second-order valence-electron chi connectivity index (χ2n) is 8.18. The predicted octanol–water partition coefficient (Wildman–Crippen LogP) is 1.98. The highest BCUT2D eigenvalue weighted by molar-refractivity contribution is 6.15. The second kappa shape index (κ2) is 9.04. The van der Waals surface area contributed by atoms with E-state index in [1.54, 1.807) is 18.2 Å². The number of ether oxygens (including phenoxy) is 1. The molecule has 1 fully saturated rings. The lowest BCUT2D eigenvalue weighted by Crippen LogP contribution is -2.52. The highest BCUT2D eigenvalue weighted by atomic mass is 16.5. The minimum atomic E-state index is -0.710. The number of ketones is 1. The summed E-state index contributed by atoms with van der Waals surface area (Å²) in [6.07, 6.45) is 2.44. The van der Waals surface area contributed by atoms with Gasteiger partial charge in [0.15, 0.2) is 5.78 Å². The van der Waals surface area contributed by atoms with Crippen LogP contribution in [0.25, 0.3) is 0 Å². The van der Waals surface area contributed by atoms with E-state index in [1.807, 2.05) is 6.92 Å². The molecule has 1 aliphatic carbocycles. The molecule has 2 unspecified atom stereocenters. The highest BCUT2D eigenvalue weighted by Gasteiger charge is 2.39. The Hall–Kier alpha value is -3.33. The molecule has 2 aliphatic heterocycles. The maximum absolute atomic E-state index is 12.9. The molecule has 1 aromatic carbocycles. The molecular weight excluding hydrogens is 414 g/mol. The van der Waals surface area contributed by atoms with Crippen molar-refractivity contribution in [2.75, 3.05) is 13.2 Å². The molecule has 2 heterocycles. The number of hydrogen-bond donors (Lipinski definition) is 2. The molecule has 9 nitrogen and oxygen atoms in total. The van der Waals surface area contributed by atoms with Gasteiger partial charge in [0.1, 0.15) is 11.8 Å². The van der Waals surface area contributed by atoms with Crippen molar-refractivity contribution >= 4 is 35.4 Å². The van der Waals surface area contributed by atoms with Crippen LogP contribution in [0.4, 0.5) is 5.69 Å². The first-order valence-corrected chi connectivity index (χ1v) is 10.7. The number of carbonyl (C=O) groups is 4. The summed E-state index contributed by atoms with van der Waals surface area (Å²) in [4.78, 5) is 54.9. The summed E-state index contributed by atoms with van der Waals surface area (Å²) in [5.74, 6) is -1.37. The number of aliphatic imine (C=N–C) groups is 1. The Morgan fingerprint density at radius 3 is 2.78 bits per heavy atom. The number of rotatable bonds is 6. The van der Waals surface area contributed by atoms with E-state index in [0.717, 1.165) is 0 Å². The summed E-state index contributed by atoms with van der Waals surface area (Å²) in [7, 11) is 0. The summed E-state index contributed by atoms with van der Waals surface area (Å²) in [6.45, 7) is 3.03. The van der Waals surface area contributed by atoms with Gasteiger partial charge in [-0.25, -0.2) is 0 Å². The van der Waals surface area contributed by atoms with Gasteiger partial charge in [-0.1, -0.05) is 6.07 Å². The summed E-state index contributed by atoms with van der Waals surface area (Å²) < 4.78 is 5.36. The molecule has 1 saturated heterocycles. The van der Waals surface area contributed by atoms with Crippen LogP contribution < -0.4 is 5.32 Å². The second-order valence-corrected chi connectivity index (χ2v) is 8.18. The van der Waals surface area contributed by atoms with Crippen LogP contribution in [-0.4, -0.2) is 59.0 Å². The van der Waals surface area contributed by atoms with Crippen molar-refractivity contribution in [1.29, 1.82) is 0 Å². The Morgan fingerprint density at radius 2 is 2.06 bits per heavy atom. The van der Waals surface area contributed by atoms with Gasteiger partial charge in [-0.3, -0.25) is 29.5 Å². The largest absolute Gasteiger partial charge is 0.511 e. The smallest absolute Gasteiger partial charge is 0.255 e. The van der Waals surface area contributed by atoms with Crippen molar-refractivity contribution in [3.8, 4) is 0 Å². The Kier molecular flexibility index (Phi) is 6.18. The third-order valence-corrected chi connectivity index (χ3v) is 6.02. The van der Waals surface area contributed by atoms with Gasteiger partial charge in [0, 0.05) is 49.8 Å². The Bertz CT molecular complexity index is 1040. The van der Waals surface area contributed by atoms with E-state index in [2.05, 4.69) is 10.3 Å². The standard InChI is InChI=1S/C23H25N3O6/c1-2-32-12-13-8-19(27)15(20(28)9-13)10-24-17-5-3-4-14-16(17)11-26(23(14)31)18-6-7-21(29)25-22(18)30/h3-5,10,13,18,27H,2,6-9,11-12H2,1H3,(H,25,29,30). The topological polar surface area (TPSA) is 125 Å². The third kappa shape index (κ3) is 4.20. The zero-order chi connectivity index (χ0) is 22.8. The van der Waals surface area contributed by atoms with Gasteiger partial charge in [0.25, 0.3) is 5.91 Å². The van der Waals surface area contributed by atoms with Crippen LogP contribution >= 0.6 is 0 Å². The number of aliphatic hydroxyl groups is 1. The number of imide groups is 1. The number of carbonyl (C=O) groups excluding carboxylic acids is 4. The summed E-state index contributed by atoms with van der Waals surface area (Å²) in [5.41, 5.74) is 1.75. The number of hydrogen-bond acceptors (Lipinski definition) is 7. The van der Waals surface area contributed by atoms with E-state index >= 15 is 0 Å². The first-order valence-electron chi connectivity index (χ1n) is 10.7. The van der Waals surface area contributed by atoms with Gasteiger partial charge in [-0.15, -0.1) is 0 Å². The molecule has 0 bridgehead atoms. The number of allylic oxidation sites excluding steroid dienone is 2. The molecule has 0 saturated carbocycles. The van der Waals surface area contributed by atoms with E-state index in [4.69, 9.17) is 4.74 Å². The quantitative estimate of drug-likeness (QED) is 0.516. The fraction of sp³-hybridized carbons (Fsp3) is 0.435. The third-order valence-electron chi connectivity index (χ3n) is 6.02. The van der Waals surface area contributed by atoms with Gasteiger partial charge >= 0.3 is 0 Å². The van der Waals surface area contributed by atoms with Gasteiger partial charge < -0.3 is 14.7 Å². The molecule has 4 rings (SSSR count). The normalized spacial score (nSPS) is 23.8. The fourth-order valence-corrected chi connectivity index (χ4v) is 4.36. The van der Waals surface area contributed by atoms with E-state index in [0.29, 0.717) is 36.4 Å². The fourth-order valence-electron chi connectivity index (χ4n) is 4.36. The lowest BCUT2D eigenvalue weighted by Gasteiger charge is -2.29. The van der Waals surface area contributed by atoms with Crippen LogP contribution in [0.1, 0.15) is 48.5 Å². The van der Waals surface area contributed by atoms with Gasteiger partial charge in [0.05, 0.1) is 17.9 Å². The van der Waals surface area contributed by atoms with Crippen molar-refractivity contribution in [3.63, 3.8) is 0 Å². The Morgan fingerprint density at radius 1 is 1.25 bits per heavy atom. The molecule has 0 spiro atoms. The van der Waals surface area contributed by atoms with E-state index in [1.165, 1.54) is 11.1 Å². The van der Waals surface area contributed by atoms with Crippen molar-refractivity contribution in [2.45, 2.75) is 45.2 Å². The summed E-state index contributed by atoms with van der Waals surface area (Å²) in [5, 5.41) is 12.6. The zero-order valence-corrected chi connectivity index (χ0v) is 17.8. The lowest BCUT2D eigenvalue weighted by molar-refractivity contribution is -0.137. The highest BCUT2D eigenvalue weighted by Crippen LogP contribution is 2.34. The maximum Gasteiger partial charge on any atom is 0.255 e. The molecule has 0 radical (unpaired) electrons. The number of benzene rings is 1. The first kappa shape index (κ1) is 21.9. The Balaban J connectivity index is 1.54. The van der Waals surface area contributed by atoms with E-state index in [9.17, 15) is 24.3 Å². The number of amides is 3. The molecular formula is C23H25N3O6. The molecule has 2 atom stereocenters. The van der Waals surface area contributed by atoms with Gasteiger partial charge in [-0.05, 0) is 31.4 Å². The van der Waals surface area contributed by atoms with E-state index in [-0.39, 0.29) is 60.7 Å². The van der Waals surface area contributed by atoms with Crippen LogP contribution in [0.5, 0.6) is 0 Å². The lowest BCUT2D eigenvalue weighted by atomic mass is 9.88. The number of aliphatic hydroxyl groups excluding tert-OH is 1. The molecule has 1 aromatic rings. The molecule has 32 heavy (non-hydrogen) atoms. The van der Waals surface area contributed by atoms with Gasteiger partial charge in [-0.2, -0.15) is 0 Å². The molecule has 168 valence electrons. The molecule has 0 aromatic heterocycles. The number of Topliss-reactive ketones (excluding diaryl/α,β-unsaturated/α-hetero) is 1. The number of nitrogens with one attached hydrogen (secondary N) is 1. The van der Waals surface area contributed by atoms with Crippen molar-refractivity contribution in [3.05, 3.63) is 40.7 Å². The maximum atomic E-state index is 12.9. The monoisotopic (exact) mass is 439 g/mol. The average Bonchev–Trinajstić information content (AvgIpc) is 3.09. The molecule has 2 N–H and O–H groups in total. The van der Waals surface area contributed by atoms with Crippen LogP contribution in [0.15, 0.2) is 34.5 Å². The van der Waals surface area contributed by atoms with Gasteiger partial charge in [0.2, 0.25) is 11.8 Å². The average molecular weight is 439 g/mol. The molecule has 3 amide bonds. The van der Waals surface area contributed by atoms with Crippen LogP contribution in [0.3, 0.4) is 0 Å². The predicted molar refractivity (Wildman–Crippen MR) is 115 cm³/mol. The van der Waals surface area contributed by atoms with Crippen molar-refractivity contribution < 1.29 is 29.0 Å². The number of nitrogens with zero attached hydrogens (tertiary/aromatic N) is 2. The number of piperidine rings is 1. The molecule has 9 heteroatoms.